The van der Waals surface area contributed by atoms with E-state index in [0.29, 0.717) is 11.9 Å². The van der Waals surface area contributed by atoms with E-state index >= 15 is 0 Å². The van der Waals surface area contributed by atoms with Gasteiger partial charge in [-0.2, -0.15) is 8.42 Å². The number of benzene rings is 1. The lowest BCUT2D eigenvalue weighted by atomic mass is 10.3. The van der Waals surface area contributed by atoms with E-state index in [9.17, 15) is 22.9 Å². The zero-order chi connectivity index (χ0) is 14.9. The molecule has 0 radical (unpaired) electrons. The molecule has 0 aliphatic heterocycles. The topological polar surface area (TPSA) is 118 Å². The fraction of sp³-hybridized carbons (Fsp3) is 0.100. The number of nitrogens with one attached hydrogen (secondary N) is 2. The molecule has 2 N–H and O–H groups in total. The van der Waals surface area contributed by atoms with Gasteiger partial charge in [0.2, 0.25) is 0 Å². The first-order valence-electron chi connectivity index (χ1n) is 5.28. The van der Waals surface area contributed by atoms with E-state index in [2.05, 4.69) is 9.97 Å². The molecular formula is C10H9FN4O4S. The molecule has 20 heavy (non-hydrogen) atoms. The summed E-state index contributed by atoms with van der Waals surface area (Å²) in [5, 5.41) is 10.2. The van der Waals surface area contributed by atoms with Crippen molar-refractivity contribution in [1.29, 1.82) is 0 Å². The number of anilines is 1. The standard InChI is InChI=1S/C10H9FN4O4S/c1-6-12-5-10(13-6)20(18,19)14-9-3-2-7(15(16)17)4-8(9)11/h2-5,14H,1H3,(H,12,13). The number of sulfonamides is 1. The quantitative estimate of drug-likeness (QED) is 0.656. The van der Waals surface area contributed by atoms with Gasteiger partial charge in [-0.15, -0.1) is 0 Å². The van der Waals surface area contributed by atoms with Crippen LogP contribution in [0.25, 0.3) is 0 Å². The Morgan fingerprint density at radius 2 is 2.15 bits per heavy atom. The number of nitro groups is 1. The second-order valence-corrected chi connectivity index (χ2v) is 5.51. The molecule has 0 bridgehead atoms. The number of aromatic nitrogens is 2. The smallest absolute Gasteiger partial charge is 0.279 e. The molecule has 0 amide bonds. The van der Waals surface area contributed by atoms with Crippen LogP contribution in [0.2, 0.25) is 0 Å². The maximum atomic E-state index is 13.6. The largest absolute Gasteiger partial charge is 0.332 e. The van der Waals surface area contributed by atoms with Crippen LogP contribution in [-0.2, 0) is 10.0 Å². The highest BCUT2D eigenvalue weighted by molar-refractivity contribution is 7.92. The number of non-ortho nitro benzene ring substituents is 1. The Morgan fingerprint density at radius 3 is 2.65 bits per heavy atom. The van der Waals surface area contributed by atoms with Gasteiger partial charge in [-0.1, -0.05) is 0 Å². The van der Waals surface area contributed by atoms with Crippen molar-refractivity contribution in [1.82, 2.24) is 9.97 Å². The highest BCUT2D eigenvalue weighted by Crippen LogP contribution is 2.22. The van der Waals surface area contributed by atoms with Crippen molar-refractivity contribution < 1.29 is 17.7 Å². The van der Waals surface area contributed by atoms with Crippen molar-refractivity contribution in [2.75, 3.05) is 4.72 Å². The summed E-state index contributed by atoms with van der Waals surface area (Å²) in [6, 6.07) is 2.61. The number of hydrogen-bond acceptors (Lipinski definition) is 5. The summed E-state index contributed by atoms with van der Waals surface area (Å²) in [6.45, 7) is 1.56. The summed E-state index contributed by atoms with van der Waals surface area (Å²) >= 11 is 0. The van der Waals surface area contributed by atoms with Crippen LogP contribution in [0.1, 0.15) is 5.82 Å². The van der Waals surface area contributed by atoms with Gasteiger partial charge in [-0.25, -0.2) is 9.37 Å². The number of imidazole rings is 1. The zero-order valence-corrected chi connectivity index (χ0v) is 10.9. The van der Waals surface area contributed by atoms with Crippen molar-refractivity contribution in [3.05, 3.63) is 46.2 Å². The van der Waals surface area contributed by atoms with Crippen molar-refractivity contribution in [3.8, 4) is 0 Å². The number of hydrogen-bond donors (Lipinski definition) is 2. The van der Waals surface area contributed by atoms with Crippen LogP contribution in [-0.4, -0.2) is 23.3 Å². The Balaban J connectivity index is 2.32. The molecule has 0 fully saturated rings. The summed E-state index contributed by atoms with van der Waals surface area (Å²) < 4.78 is 39.4. The predicted molar refractivity (Wildman–Crippen MR) is 67.2 cm³/mol. The molecule has 10 heteroatoms. The number of aryl methyl sites for hydroxylation is 1. The first-order chi connectivity index (χ1) is 9.29. The fourth-order valence-corrected chi connectivity index (χ4v) is 2.47. The first kappa shape index (κ1) is 13.9. The minimum absolute atomic E-state index is 0.229. The minimum Gasteiger partial charge on any atom is -0.332 e. The van der Waals surface area contributed by atoms with Gasteiger partial charge in [0.15, 0.2) is 10.8 Å². The molecule has 0 aliphatic carbocycles. The summed E-state index contributed by atoms with van der Waals surface area (Å²) in [7, 11) is -4.03. The van der Waals surface area contributed by atoms with E-state index in [-0.39, 0.29) is 10.7 Å². The highest BCUT2D eigenvalue weighted by atomic mass is 32.2. The number of rotatable bonds is 4. The van der Waals surface area contributed by atoms with Gasteiger partial charge in [-0.05, 0) is 13.0 Å². The average Bonchev–Trinajstić information content (AvgIpc) is 2.79. The second kappa shape index (κ2) is 4.89. The van der Waals surface area contributed by atoms with E-state index in [4.69, 9.17) is 0 Å². The van der Waals surface area contributed by atoms with Crippen LogP contribution in [0, 0.1) is 22.9 Å². The van der Waals surface area contributed by atoms with Gasteiger partial charge >= 0.3 is 0 Å². The molecule has 0 saturated heterocycles. The molecule has 1 aromatic heterocycles. The van der Waals surface area contributed by atoms with E-state index < -0.39 is 26.5 Å². The zero-order valence-electron chi connectivity index (χ0n) is 10.1. The SMILES string of the molecule is Cc1ncc(S(=O)(=O)Nc2ccc([N+](=O)[O-])cc2F)[nH]1. The molecule has 0 atom stereocenters. The van der Waals surface area contributed by atoms with Crippen LogP contribution in [0.5, 0.6) is 0 Å². The highest BCUT2D eigenvalue weighted by Gasteiger charge is 2.19. The lowest BCUT2D eigenvalue weighted by Gasteiger charge is -2.06. The minimum atomic E-state index is -4.03. The van der Waals surface area contributed by atoms with Crippen LogP contribution >= 0.6 is 0 Å². The maximum absolute atomic E-state index is 13.6. The van der Waals surface area contributed by atoms with Crippen molar-refractivity contribution in [2.24, 2.45) is 0 Å². The Hall–Kier alpha value is -2.49. The number of nitrogens with zero attached hydrogens (tertiary/aromatic N) is 2. The molecule has 0 unspecified atom stereocenters. The molecule has 2 aromatic rings. The van der Waals surface area contributed by atoms with Crippen LogP contribution in [0.15, 0.2) is 29.4 Å². The summed E-state index contributed by atoms with van der Waals surface area (Å²) in [4.78, 5) is 15.9. The number of H-pyrrole nitrogens is 1. The van der Waals surface area contributed by atoms with Crippen LogP contribution in [0.4, 0.5) is 15.8 Å². The lowest BCUT2D eigenvalue weighted by molar-refractivity contribution is -0.385. The second-order valence-electron chi connectivity index (χ2n) is 3.86. The normalized spacial score (nSPS) is 11.3. The monoisotopic (exact) mass is 300 g/mol. The third kappa shape index (κ3) is 2.74. The number of aromatic amines is 1. The van der Waals surface area contributed by atoms with E-state index in [1.165, 1.54) is 0 Å². The molecule has 0 aliphatic rings. The van der Waals surface area contributed by atoms with Crippen LogP contribution < -0.4 is 4.72 Å². The van der Waals surface area contributed by atoms with Gasteiger partial charge in [0, 0.05) is 6.07 Å². The van der Waals surface area contributed by atoms with E-state index in [1.807, 2.05) is 4.72 Å². The molecular weight excluding hydrogens is 291 g/mol. The predicted octanol–water partition coefficient (Wildman–Crippen LogP) is 1.57. The Labute approximate surface area is 112 Å². The Morgan fingerprint density at radius 1 is 1.45 bits per heavy atom. The van der Waals surface area contributed by atoms with Crippen molar-refractivity contribution in [3.63, 3.8) is 0 Å². The van der Waals surface area contributed by atoms with E-state index in [0.717, 1.165) is 18.3 Å². The summed E-state index contributed by atoms with van der Waals surface area (Å²) in [6.07, 6.45) is 1.08. The molecule has 8 nitrogen and oxygen atoms in total. The van der Waals surface area contributed by atoms with E-state index in [1.54, 1.807) is 6.92 Å². The maximum Gasteiger partial charge on any atom is 0.279 e. The number of halogens is 1. The number of nitro benzene ring substituents is 1. The lowest BCUT2D eigenvalue weighted by Crippen LogP contribution is -2.14. The van der Waals surface area contributed by atoms with Crippen molar-refractivity contribution in [2.45, 2.75) is 11.9 Å². The van der Waals surface area contributed by atoms with Gasteiger partial charge in [0.1, 0.15) is 5.82 Å². The summed E-state index contributed by atoms with van der Waals surface area (Å²) in [5.41, 5.74) is -0.856. The van der Waals surface area contributed by atoms with Crippen molar-refractivity contribution >= 4 is 21.4 Å². The van der Waals surface area contributed by atoms with Crippen LogP contribution in [0.3, 0.4) is 0 Å². The Bertz CT molecular complexity index is 771. The molecule has 0 spiro atoms. The Kier molecular flexibility index (Phi) is 3.40. The van der Waals surface area contributed by atoms with Gasteiger partial charge in [0.25, 0.3) is 15.7 Å². The summed E-state index contributed by atoms with van der Waals surface area (Å²) in [5.74, 6) is -0.659. The average molecular weight is 300 g/mol. The molecule has 2 rings (SSSR count). The molecule has 106 valence electrons. The molecule has 0 saturated carbocycles. The first-order valence-corrected chi connectivity index (χ1v) is 6.76. The third-order valence-electron chi connectivity index (χ3n) is 2.38. The van der Waals surface area contributed by atoms with Gasteiger partial charge < -0.3 is 4.98 Å². The third-order valence-corrected chi connectivity index (χ3v) is 3.65. The molecule has 1 heterocycles. The van der Waals surface area contributed by atoms with Gasteiger partial charge in [0.05, 0.1) is 22.9 Å². The fourth-order valence-electron chi connectivity index (χ4n) is 1.43. The molecule has 1 aromatic carbocycles. The van der Waals surface area contributed by atoms with Gasteiger partial charge in [-0.3, -0.25) is 14.8 Å².